The number of aromatic nitrogens is 1. The van der Waals surface area contributed by atoms with Crippen molar-refractivity contribution in [3.8, 4) is 33.5 Å². The van der Waals surface area contributed by atoms with Gasteiger partial charge in [-0.2, -0.15) is 0 Å². The van der Waals surface area contributed by atoms with Gasteiger partial charge >= 0.3 is 0 Å². The standard InChI is InChI=1S/C41H31N/c1-41(2,3)31-23-29-18-20-34-36(28-16-14-27(15-17-28)33-12-8-10-26-9-4-5-11-32(26)33)25-37(38-13-6-7-22-42-38)35-21-19-30(24-31)39(29)40(34)35/h4-25H,1-3H3. The van der Waals surface area contributed by atoms with Crippen molar-refractivity contribution in [1.29, 1.82) is 0 Å². The van der Waals surface area contributed by atoms with Crippen molar-refractivity contribution in [1.82, 2.24) is 4.98 Å². The fourth-order valence-electron chi connectivity index (χ4n) is 6.63. The van der Waals surface area contributed by atoms with Crippen molar-refractivity contribution >= 4 is 43.1 Å². The quantitative estimate of drug-likeness (QED) is 0.204. The first-order valence-corrected chi connectivity index (χ1v) is 14.7. The van der Waals surface area contributed by atoms with Gasteiger partial charge in [-0.1, -0.05) is 130 Å². The first-order chi connectivity index (χ1) is 20.5. The number of fused-ring (bicyclic) bond motifs is 1. The zero-order valence-corrected chi connectivity index (χ0v) is 24.1. The molecule has 0 saturated heterocycles. The van der Waals surface area contributed by atoms with Gasteiger partial charge in [0.15, 0.2) is 0 Å². The van der Waals surface area contributed by atoms with Crippen LogP contribution in [0, 0.1) is 0 Å². The largest absolute Gasteiger partial charge is 0.256 e. The summed E-state index contributed by atoms with van der Waals surface area (Å²) >= 11 is 0. The number of rotatable bonds is 3. The average molecular weight is 538 g/mol. The highest BCUT2D eigenvalue weighted by Crippen LogP contribution is 2.45. The predicted octanol–water partition coefficient (Wildman–Crippen LogP) is 11.4. The molecule has 1 nitrogen and oxygen atoms in total. The van der Waals surface area contributed by atoms with Crippen LogP contribution in [0.2, 0.25) is 0 Å². The Bertz CT molecular complexity index is 2230. The van der Waals surface area contributed by atoms with Crippen LogP contribution in [0.1, 0.15) is 26.3 Å². The lowest BCUT2D eigenvalue weighted by Crippen LogP contribution is -2.10. The van der Waals surface area contributed by atoms with E-state index < -0.39 is 0 Å². The number of hydrogen-bond acceptors (Lipinski definition) is 1. The fraction of sp³-hybridized carbons (Fsp3) is 0.0976. The van der Waals surface area contributed by atoms with Gasteiger partial charge in [-0.15, -0.1) is 0 Å². The number of hydrogen-bond donors (Lipinski definition) is 0. The second-order valence-electron chi connectivity index (χ2n) is 12.4. The highest BCUT2D eigenvalue weighted by Gasteiger charge is 2.20. The summed E-state index contributed by atoms with van der Waals surface area (Å²) < 4.78 is 0. The zero-order valence-electron chi connectivity index (χ0n) is 24.1. The van der Waals surface area contributed by atoms with E-state index in [2.05, 4.69) is 142 Å². The summed E-state index contributed by atoms with van der Waals surface area (Å²) in [5, 5.41) is 10.3. The van der Waals surface area contributed by atoms with Gasteiger partial charge in [0.1, 0.15) is 0 Å². The summed E-state index contributed by atoms with van der Waals surface area (Å²) in [5.74, 6) is 0. The molecule has 8 aromatic rings. The molecule has 1 heteroatoms. The Labute approximate surface area is 246 Å². The Hall–Kier alpha value is -5.01. The molecule has 0 N–H and O–H groups in total. The second-order valence-corrected chi connectivity index (χ2v) is 12.4. The summed E-state index contributed by atoms with van der Waals surface area (Å²) in [6.07, 6.45) is 1.89. The molecule has 0 saturated carbocycles. The number of nitrogens with zero attached hydrogens (tertiary/aromatic N) is 1. The Morgan fingerprint density at radius 3 is 1.79 bits per heavy atom. The van der Waals surface area contributed by atoms with Crippen molar-refractivity contribution in [2.75, 3.05) is 0 Å². The Morgan fingerprint density at radius 2 is 1.10 bits per heavy atom. The molecule has 1 heterocycles. The summed E-state index contributed by atoms with van der Waals surface area (Å²) in [5.41, 5.74) is 8.56. The van der Waals surface area contributed by atoms with Gasteiger partial charge in [-0.05, 0) is 94.5 Å². The van der Waals surface area contributed by atoms with Crippen LogP contribution in [0.15, 0.2) is 134 Å². The van der Waals surface area contributed by atoms with E-state index in [1.165, 1.54) is 76.5 Å². The summed E-state index contributed by atoms with van der Waals surface area (Å²) in [4.78, 5) is 4.80. The van der Waals surface area contributed by atoms with Crippen LogP contribution in [0.3, 0.4) is 0 Å². The van der Waals surface area contributed by atoms with Crippen LogP contribution >= 0.6 is 0 Å². The molecule has 7 aromatic carbocycles. The molecule has 0 atom stereocenters. The first-order valence-electron chi connectivity index (χ1n) is 14.7. The molecule has 0 aliphatic rings. The van der Waals surface area contributed by atoms with Crippen LogP contribution in [0.25, 0.3) is 76.6 Å². The molecule has 0 amide bonds. The third-order valence-electron chi connectivity index (χ3n) is 8.82. The maximum atomic E-state index is 4.80. The Morgan fingerprint density at radius 1 is 0.452 bits per heavy atom. The van der Waals surface area contributed by atoms with Gasteiger partial charge in [-0.3, -0.25) is 4.98 Å². The summed E-state index contributed by atoms with van der Waals surface area (Å²) in [7, 11) is 0. The zero-order chi connectivity index (χ0) is 28.4. The lowest BCUT2D eigenvalue weighted by molar-refractivity contribution is 0.591. The van der Waals surface area contributed by atoms with Gasteiger partial charge in [0, 0.05) is 11.8 Å². The first kappa shape index (κ1) is 24.8. The highest BCUT2D eigenvalue weighted by molar-refractivity contribution is 6.28. The maximum absolute atomic E-state index is 4.80. The molecule has 0 unspecified atom stereocenters. The van der Waals surface area contributed by atoms with Crippen molar-refractivity contribution in [2.24, 2.45) is 0 Å². The molecule has 0 aliphatic heterocycles. The number of pyridine rings is 1. The molecule has 200 valence electrons. The van der Waals surface area contributed by atoms with E-state index in [1.54, 1.807) is 0 Å². The van der Waals surface area contributed by atoms with E-state index >= 15 is 0 Å². The van der Waals surface area contributed by atoms with Crippen LogP contribution in [0.4, 0.5) is 0 Å². The Balaban J connectivity index is 1.39. The van der Waals surface area contributed by atoms with Gasteiger partial charge in [0.25, 0.3) is 0 Å². The van der Waals surface area contributed by atoms with E-state index in [0.717, 1.165) is 5.69 Å². The molecule has 42 heavy (non-hydrogen) atoms. The molecule has 0 spiro atoms. The average Bonchev–Trinajstić information content (AvgIpc) is 3.03. The van der Waals surface area contributed by atoms with E-state index in [1.807, 2.05) is 12.3 Å². The molecule has 0 bridgehead atoms. The van der Waals surface area contributed by atoms with Crippen LogP contribution in [-0.2, 0) is 5.41 Å². The monoisotopic (exact) mass is 537 g/mol. The normalized spacial score (nSPS) is 12.2. The summed E-state index contributed by atoms with van der Waals surface area (Å²) in [6.45, 7) is 6.87. The minimum atomic E-state index is 0.0839. The lowest BCUT2D eigenvalue weighted by Gasteiger charge is -2.22. The maximum Gasteiger partial charge on any atom is 0.0708 e. The van der Waals surface area contributed by atoms with Crippen molar-refractivity contribution in [2.45, 2.75) is 26.2 Å². The van der Waals surface area contributed by atoms with Crippen molar-refractivity contribution < 1.29 is 0 Å². The third-order valence-corrected chi connectivity index (χ3v) is 8.82. The highest BCUT2D eigenvalue weighted by atomic mass is 14.7. The lowest BCUT2D eigenvalue weighted by atomic mass is 9.82. The molecule has 0 aliphatic carbocycles. The van der Waals surface area contributed by atoms with Gasteiger partial charge in [0.2, 0.25) is 0 Å². The van der Waals surface area contributed by atoms with E-state index in [4.69, 9.17) is 4.98 Å². The van der Waals surface area contributed by atoms with Gasteiger partial charge in [0.05, 0.1) is 5.69 Å². The smallest absolute Gasteiger partial charge is 0.0708 e. The minimum absolute atomic E-state index is 0.0839. The van der Waals surface area contributed by atoms with E-state index in [-0.39, 0.29) is 5.41 Å². The SMILES string of the molecule is CC(C)(C)c1cc2ccc3c(-c4ccc(-c5cccc6ccccc56)cc4)cc(-c4ccccn4)c4ccc(c1)c2c34. The molecule has 8 rings (SSSR count). The van der Waals surface area contributed by atoms with E-state index in [9.17, 15) is 0 Å². The van der Waals surface area contributed by atoms with Crippen LogP contribution < -0.4 is 0 Å². The molecule has 1 aromatic heterocycles. The third kappa shape index (κ3) is 3.89. The fourth-order valence-corrected chi connectivity index (χ4v) is 6.63. The molecular weight excluding hydrogens is 506 g/mol. The summed E-state index contributed by atoms with van der Waals surface area (Å²) in [6, 6.07) is 46.8. The van der Waals surface area contributed by atoms with Crippen LogP contribution in [0.5, 0.6) is 0 Å². The molecule has 0 fully saturated rings. The molecule has 0 radical (unpaired) electrons. The van der Waals surface area contributed by atoms with Crippen molar-refractivity contribution in [3.63, 3.8) is 0 Å². The number of benzene rings is 7. The Kier molecular flexibility index (Phi) is 5.46. The molecular formula is C41H31N. The predicted molar refractivity (Wildman–Crippen MR) is 180 cm³/mol. The topological polar surface area (TPSA) is 12.9 Å². The van der Waals surface area contributed by atoms with Crippen molar-refractivity contribution in [3.05, 3.63) is 139 Å². The van der Waals surface area contributed by atoms with E-state index in [0.29, 0.717) is 0 Å². The van der Waals surface area contributed by atoms with Gasteiger partial charge < -0.3 is 0 Å². The minimum Gasteiger partial charge on any atom is -0.256 e. The van der Waals surface area contributed by atoms with Gasteiger partial charge in [-0.25, -0.2) is 0 Å². The van der Waals surface area contributed by atoms with Crippen LogP contribution in [-0.4, -0.2) is 4.98 Å². The second kappa shape index (κ2) is 9.26.